The van der Waals surface area contributed by atoms with E-state index in [1.165, 1.54) is 7.05 Å². The number of unbranched alkanes of at least 4 members (excludes halogenated alkanes) is 1. The monoisotopic (exact) mass is 369 g/mol. The summed E-state index contributed by atoms with van der Waals surface area (Å²) in [5.41, 5.74) is 9.58. The average Bonchev–Trinajstić information content (AvgIpc) is 2.94. The molecule has 0 unspecified atom stereocenters. The van der Waals surface area contributed by atoms with E-state index >= 15 is 0 Å². The molecule has 0 fully saturated rings. The normalized spacial score (nSPS) is 12.2. The Kier molecular flexibility index (Phi) is 6.36. The van der Waals surface area contributed by atoms with Crippen LogP contribution in [-0.2, 0) is 27.9 Å². The number of anilines is 1. The van der Waals surface area contributed by atoms with E-state index in [-0.39, 0.29) is 5.75 Å². The molecule has 2 aromatic heterocycles. The lowest BCUT2D eigenvalue weighted by Gasteiger charge is -2.12. The first-order chi connectivity index (χ1) is 11.8. The highest BCUT2D eigenvalue weighted by molar-refractivity contribution is 7.89. The van der Waals surface area contributed by atoms with Gasteiger partial charge in [-0.25, -0.2) is 23.1 Å². The number of nitrogen functional groups attached to an aromatic ring is 1. The van der Waals surface area contributed by atoms with Crippen molar-refractivity contribution in [3.8, 4) is 0 Å². The number of ether oxygens (including phenoxy) is 1. The van der Waals surface area contributed by atoms with Crippen LogP contribution in [0.2, 0.25) is 0 Å². The van der Waals surface area contributed by atoms with Crippen LogP contribution in [-0.4, -0.2) is 42.4 Å². The minimum absolute atomic E-state index is 0.110. The molecule has 2 heterocycles. The molecule has 0 bridgehead atoms. The summed E-state index contributed by atoms with van der Waals surface area (Å²) in [6, 6.07) is 0. The Morgan fingerprint density at radius 2 is 1.96 bits per heavy atom. The quantitative estimate of drug-likeness (QED) is 0.648. The van der Waals surface area contributed by atoms with Crippen LogP contribution in [0.15, 0.2) is 0 Å². The van der Waals surface area contributed by atoms with Crippen molar-refractivity contribution in [3.05, 3.63) is 17.1 Å². The summed E-state index contributed by atoms with van der Waals surface area (Å²) < 4.78 is 33.0. The van der Waals surface area contributed by atoms with Gasteiger partial charge in [0.25, 0.3) is 0 Å². The zero-order valence-electron chi connectivity index (χ0n) is 15.3. The number of nitrogens with two attached hydrogens (primary N) is 1. The number of imidazole rings is 1. The minimum atomic E-state index is -3.18. The van der Waals surface area contributed by atoms with Gasteiger partial charge in [0.05, 0.1) is 11.3 Å². The lowest BCUT2D eigenvalue weighted by molar-refractivity contribution is 0.126. The summed E-state index contributed by atoms with van der Waals surface area (Å²) in [6.07, 6.45) is 1.28. The van der Waals surface area contributed by atoms with Crippen molar-refractivity contribution in [3.63, 3.8) is 0 Å². The van der Waals surface area contributed by atoms with Crippen molar-refractivity contribution in [1.29, 1.82) is 0 Å². The number of pyridine rings is 1. The molecule has 0 aliphatic heterocycles. The number of hydrogen-bond acceptors (Lipinski definition) is 6. The zero-order chi connectivity index (χ0) is 18.6. The molecule has 0 saturated heterocycles. The molecule has 8 nitrogen and oxygen atoms in total. The van der Waals surface area contributed by atoms with Crippen molar-refractivity contribution in [2.75, 3.05) is 25.1 Å². The Balaban J connectivity index is 2.31. The second-order valence-corrected chi connectivity index (χ2v) is 8.00. The Morgan fingerprint density at radius 3 is 2.60 bits per heavy atom. The summed E-state index contributed by atoms with van der Waals surface area (Å²) in [7, 11) is -1.75. The minimum Gasteiger partial charge on any atom is -0.382 e. The topological polar surface area (TPSA) is 112 Å². The van der Waals surface area contributed by atoms with Crippen molar-refractivity contribution in [2.45, 2.75) is 46.8 Å². The van der Waals surface area contributed by atoms with E-state index in [0.29, 0.717) is 43.9 Å². The van der Waals surface area contributed by atoms with Gasteiger partial charge in [0.15, 0.2) is 5.82 Å². The predicted octanol–water partition coefficient (Wildman–Crippen LogP) is 1.50. The molecule has 9 heteroatoms. The highest BCUT2D eigenvalue weighted by Gasteiger charge is 2.17. The molecule has 0 saturated carbocycles. The molecule has 0 aliphatic carbocycles. The number of fused-ring (bicyclic) bond motifs is 1. The van der Waals surface area contributed by atoms with Crippen LogP contribution < -0.4 is 10.5 Å². The molecular formula is C16H27N5O3S. The lowest BCUT2D eigenvalue weighted by atomic mass is 10.2. The first kappa shape index (κ1) is 19.6. The molecule has 3 N–H and O–H groups in total. The summed E-state index contributed by atoms with van der Waals surface area (Å²) in [4.78, 5) is 8.96. The van der Waals surface area contributed by atoms with Crippen LogP contribution in [0.4, 0.5) is 5.82 Å². The molecule has 25 heavy (non-hydrogen) atoms. The van der Waals surface area contributed by atoms with Gasteiger partial charge < -0.3 is 15.0 Å². The summed E-state index contributed by atoms with van der Waals surface area (Å²) in [5.74, 6) is 1.31. The lowest BCUT2D eigenvalue weighted by Crippen LogP contribution is -2.22. The number of aryl methyl sites for hydroxylation is 3. The van der Waals surface area contributed by atoms with Crippen molar-refractivity contribution in [2.24, 2.45) is 0 Å². The van der Waals surface area contributed by atoms with E-state index in [1.807, 2.05) is 20.8 Å². The molecule has 2 rings (SSSR count). The standard InChI is InChI=1S/C16H27N5O3S/c1-5-24-10-13-20-14-15(11(2)12(3)19-16(14)17)21(13)8-6-7-9-25(22,23)18-4/h18H,5-10H2,1-4H3,(H2,17,19). The van der Waals surface area contributed by atoms with Crippen molar-refractivity contribution >= 4 is 26.9 Å². The highest BCUT2D eigenvalue weighted by Crippen LogP contribution is 2.26. The van der Waals surface area contributed by atoms with E-state index in [4.69, 9.17) is 10.5 Å². The van der Waals surface area contributed by atoms with Crippen LogP contribution >= 0.6 is 0 Å². The van der Waals surface area contributed by atoms with Gasteiger partial charge in [-0.15, -0.1) is 0 Å². The van der Waals surface area contributed by atoms with Crippen LogP contribution in [0.3, 0.4) is 0 Å². The summed E-state index contributed by atoms with van der Waals surface area (Å²) >= 11 is 0. The number of hydrogen-bond donors (Lipinski definition) is 2. The SMILES string of the molecule is CCOCc1nc2c(N)nc(C)c(C)c2n1CCCCS(=O)(=O)NC. The Labute approximate surface area is 148 Å². The number of aromatic nitrogens is 3. The highest BCUT2D eigenvalue weighted by atomic mass is 32.2. The molecule has 0 atom stereocenters. The largest absolute Gasteiger partial charge is 0.382 e. The molecular weight excluding hydrogens is 342 g/mol. The van der Waals surface area contributed by atoms with Gasteiger partial charge in [0, 0.05) is 18.8 Å². The third-order valence-corrected chi connectivity index (χ3v) is 5.71. The Morgan fingerprint density at radius 1 is 1.24 bits per heavy atom. The zero-order valence-corrected chi connectivity index (χ0v) is 16.1. The van der Waals surface area contributed by atoms with Crippen LogP contribution in [0.5, 0.6) is 0 Å². The number of nitrogens with one attached hydrogen (secondary N) is 1. The van der Waals surface area contributed by atoms with Gasteiger partial charge in [0.1, 0.15) is 17.9 Å². The fraction of sp³-hybridized carbons (Fsp3) is 0.625. The van der Waals surface area contributed by atoms with Crippen LogP contribution in [0.1, 0.15) is 36.8 Å². The van der Waals surface area contributed by atoms with E-state index in [2.05, 4.69) is 19.3 Å². The molecule has 0 spiro atoms. The maximum Gasteiger partial charge on any atom is 0.211 e. The van der Waals surface area contributed by atoms with Crippen LogP contribution in [0.25, 0.3) is 11.0 Å². The van der Waals surface area contributed by atoms with E-state index in [1.54, 1.807) is 0 Å². The molecule has 0 aliphatic rings. The van der Waals surface area contributed by atoms with Crippen LogP contribution in [0, 0.1) is 13.8 Å². The molecule has 2 aromatic rings. The Bertz CT molecular complexity index is 845. The molecule has 0 aromatic carbocycles. The molecule has 0 amide bonds. The smallest absolute Gasteiger partial charge is 0.211 e. The van der Waals surface area contributed by atoms with Gasteiger partial charge >= 0.3 is 0 Å². The summed E-state index contributed by atoms with van der Waals surface area (Å²) in [6.45, 7) is 7.48. The van der Waals surface area contributed by atoms with Gasteiger partial charge in [-0.3, -0.25) is 0 Å². The fourth-order valence-corrected chi connectivity index (χ4v) is 3.54. The number of nitrogens with zero attached hydrogens (tertiary/aromatic N) is 3. The van der Waals surface area contributed by atoms with Gasteiger partial charge in [-0.05, 0) is 46.2 Å². The second kappa shape index (κ2) is 8.11. The van der Waals surface area contributed by atoms with Gasteiger partial charge in [-0.2, -0.15) is 0 Å². The first-order valence-corrected chi connectivity index (χ1v) is 10.1. The van der Waals surface area contributed by atoms with Gasteiger partial charge in [0.2, 0.25) is 10.0 Å². The van der Waals surface area contributed by atoms with E-state index < -0.39 is 10.0 Å². The van der Waals surface area contributed by atoms with Crippen molar-refractivity contribution < 1.29 is 13.2 Å². The maximum absolute atomic E-state index is 11.5. The predicted molar refractivity (Wildman–Crippen MR) is 98.8 cm³/mol. The Hall–Kier alpha value is -1.71. The third-order valence-electron chi connectivity index (χ3n) is 4.27. The van der Waals surface area contributed by atoms with E-state index in [0.717, 1.165) is 22.6 Å². The first-order valence-electron chi connectivity index (χ1n) is 8.41. The number of sulfonamides is 1. The fourth-order valence-electron chi connectivity index (χ4n) is 2.76. The maximum atomic E-state index is 11.5. The molecule has 140 valence electrons. The third kappa shape index (κ3) is 4.47. The van der Waals surface area contributed by atoms with Gasteiger partial charge in [-0.1, -0.05) is 0 Å². The summed E-state index contributed by atoms with van der Waals surface area (Å²) in [5, 5.41) is 0. The second-order valence-electron chi connectivity index (χ2n) is 5.95. The van der Waals surface area contributed by atoms with Crippen molar-refractivity contribution in [1.82, 2.24) is 19.3 Å². The molecule has 0 radical (unpaired) electrons. The average molecular weight is 369 g/mol. The van der Waals surface area contributed by atoms with E-state index in [9.17, 15) is 8.42 Å². The number of rotatable bonds is 9.